The third-order valence-corrected chi connectivity index (χ3v) is 5.67. The van der Waals surface area contributed by atoms with E-state index in [9.17, 15) is 4.79 Å². The molecule has 1 amide bonds. The Labute approximate surface area is 192 Å². The lowest BCUT2D eigenvalue weighted by atomic mass is 10.1. The molecule has 0 saturated heterocycles. The van der Waals surface area contributed by atoms with Gasteiger partial charge in [-0.2, -0.15) is 0 Å². The number of benzene rings is 2. The number of nitrogens with zero attached hydrogens (tertiary/aromatic N) is 2. The van der Waals surface area contributed by atoms with Gasteiger partial charge >= 0.3 is 0 Å². The molecule has 2 aromatic carbocycles. The second kappa shape index (κ2) is 8.61. The predicted molar refractivity (Wildman–Crippen MR) is 126 cm³/mol. The monoisotopic (exact) mass is 499 g/mol. The molecule has 158 valence electrons. The number of methoxy groups -OCH3 is 2. The number of hydrogen-bond donors (Lipinski definition) is 1. The molecule has 0 radical (unpaired) electrons. The first-order chi connectivity index (χ1) is 14.9. The second-order valence-electron chi connectivity index (χ2n) is 6.89. The molecule has 0 aliphatic heterocycles. The summed E-state index contributed by atoms with van der Waals surface area (Å²) in [5, 5.41) is 3.35. The van der Waals surface area contributed by atoms with Crippen molar-refractivity contribution in [1.82, 2.24) is 9.38 Å². The van der Waals surface area contributed by atoms with E-state index in [0.717, 1.165) is 15.6 Å². The van der Waals surface area contributed by atoms with E-state index in [1.165, 1.54) is 0 Å². The zero-order valence-electron chi connectivity index (χ0n) is 17.1. The van der Waals surface area contributed by atoms with E-state index in [4.69, 9.17) is 26.1 Å². The molecule has 4 rings (SSSR count). The fraction of sp³-hybridized carbons (Fsp3) is 0.130. The van der Waals surface area contributed by atoms with E-state index in [1.807, 2.05) is 41.8 Å². The van der Waals surface area contributed by atoms with Gasteiger partial charge in [-0.25, -0.2) is 4.98 Å². The highest BCUT2D eigenvalue weighted by molar-refractivity contribution is 9.10. The Morgan fingerprint density at radius 2 is 1.84 bits per heavy atom. The normalized spacial score (nSPS) is 10.9. The van der Waals surface area contributed by atoms with E-state index in [-0.39, 0.29) is 5.91 Å². The van der Waals surface area contributed by atoms with E-state index in [1.54, 1.807) is 38.5 Å². The minimum absolute atomic E-state index is 0.338. The Bertz CT molecular complexity index is 1300. The summed E-state index contributed by atoms with van der Waals surface area (Å²) in [6.07, 6.45) is 1.88. The fourth-order valence-corrected chi connectivity index (χ4v) is 3.86. The number of anilines is 1. The molecule has 2 aromatic heterocycles. The maximum atomic E-state index is 13.1. The van der Waals surface area contributed by atoms with Gasteiger partial charge in [-0.1, -0.05) is 27.5 Å². The van der Waals surface area contributed by atoms with Crippen molar-refractivity contribution in [2.75, 3.05) is 19.5 Å². The van der Waals surface area contributed by atoms with Gasteiger partial charge in [0.15, 0.2) is 11.5 Å². The van der Waals surface area contributed by atoms with Gasteiger partial charge in [0, 0.05) is 16.2 Å². The van der Waals surface area contributed by atoms with Crippen molar-refractivity contribution in [2.45, 2.75) is 6.92 Å². The van der Waals surface area contributed by atoms with Gasteiger partial charge in [0.05, 0.1) is 24.8 Å². The number of aryl methyl sites for hydroxylation is 1. The maximum Gasteiger partial charge on any atom is 0.258 e. The lowest BCUT2D eigenvalue weighted by Crippen LogP contribution is -2.14. The molecule has 0 spiro atoms. The quantitative estimate of drug-likeness (QED) is 0.365. The van der Waals surface area contributed by atoms with Crippen molar-refractivity contribution in [3.63, 3.8) is 0 Å². The first-order valence-corrected chi connectivity index (χ1v) is 10.6. The zero-order valence-corrected chi connectivity index (χ0v) is 19.4. The van der Waals surface area contributed by atoms with Gasteiger partial charge < -0.3 is 14.8 Å². The van der Waals surface area contributed by atoms with E-state index >= 15 is 0 Å². The Morgan fingerprint density at radius 1 is 1.06 bits per heavy atom. The molecule has 0 aliphatic carbocycles. The number of halogens is 2. The fourth-order valence-electron chi connectivity index (χ4n) is 3.30. The van der Waals surface area contributed by atoms with Crippen molar-refractivity contribution in [3.05, 3.63) is 75.4 Å². The molecule has 8 heteroatoms. The highest BCUT2D eigenvalue weighted by atomic mass is 79.9. The molecule has 0 fully saturated rings. The molecular formula is C23H19BrClN3O3. The van der Waals surface area contributed by atoms with Crippen LogP contribution in [0.1, 0.15) is 15.9 Å². The van der Waals surface area contributed by atoms with Crippen LogP contribution in [0.25, 0.3) is 16.9 Å². The van der Waals surface area contributed by atoms with Crippen molar-refractivity contribution in [1.29, 1.82) is 0 Å². The van der Waals surface area contributed by atoms with Crippen LogP contribution in [0.5, 0.6) is 11.5 Å². The number of carbonyl (C=O) groups excluding carboxylic acids is 1. The smallest absolute Gasteiger partial charge is 0.258 e. The predicted octanol–water partition coefficient (Wildman–Crippen LogP) is 6.00. The zero-order chi connectivity index (χ0) is 22.1. The summed E-state index contributed by atoms with van der Waals surface area (Å²) in [4.78, 5) is 17.9. The first-order valence-electron chi connectivity index (χ1n) is 9.38. The minimum Gasteiger partial charge on any atom is -0.493 e. The van der Waals surface area contributed by atoms with Gasteiger partial charge in [-0.05, 0) is 61.0 Å². The lowest BCUT2D eigenvalue weighted by Gasteiger charge is -2.11. The summed E-state index contributed by atoms with van der Waals surface area (Å²) < 4.78 is 13.4. The molecule has 2 heterocycles. The number of aromatic nitrogens is 2. The van der Waals surface area contributed by atoms with Gasteiger partial charge in [0.2, 0.25) is 0 Å². The highest BCUT2D eigenvalue weighted by Gasteiger charge is 2.20. The number of pyridine rings is 1. The lowest BCUT2D eigenvalue weighted by molar-refractivity contribution is 0.102. The summed E-state index contributed by atoms with van der Waals surface area (Å²) in [5.74, 6) is 1.37. The summed E-state index contributed by atoms with van der Waals surface area (Å²) in [5.41, 5.74) is 3.50. The van der Waals surface area contributed by atoms with Crippen LogP contribution in [0.15, 0.2) is 59.2 Å². The molecule has 0 bridgehead atoms. The third-order valence-electron chi connectivity index (χ3n) is 4.84. The second-order valence-corrected chi connectivity index (χ2v) is 8.21. The summed E-state index contributed by atoms with van der Waals surface area (Å²) in [7, 11) is 3.16. The molecule has 0 unspecified atom stereocenters. The first kappa shape index (κ1) is 21.2. The molecule has 0 atom stereocenters. The van der Waals surface area contributed by atoms with E-state index in [0.29, 0.717) is 39.2 Å². The van der Waals surface area contributed by atoms with Gasteiger partial charge in [-0.3, -0.25) is 9.20 Å². The standard InChI is InChI=1S/C23H19BrClN3O3/c1-13-8-9-28-20(10-13)26-21(14-4-7-18(30-2)19(11-14)31-3)22(28)27-23(29)16-12-15(24)5-6-17(16)25/h4-12H,1-3H3,(H,27,29). The van der Waals surface area contributed by atoms with Crippen molar-refractivity contribution < 1.29 is 14.3 Å². The SMILES string of the molecule is COc1ccc(-c2nc3cc(C)ccn3c2NC(=O)c2cc(Br)ccc2Cl)cc1OC. The number of imidazole rings is 1. The number of amides is 1. The van der Waals surface area contributed by atoms with Crippen LogP contribution in [0, 0.1) is 6.92 Å². The third kappa shape index (κ3) is 4.11. The Morgan fingerprint density at radius 3 is 2.58 bits per heavy atom. The van der Waals surface area contributed by atoms with Crippen molar-refractivity contribution in [3.8, 4) is 22.8 Å². The molecule has 31 heavy (non-hydrogen) atoms. The largest absolute Gasteiger partial charge is 0.493 e. The molecule has 0 saturated carbocycles. The molecule has 4 aromatic rings. The average Bonchev–Trinajstić information content (AvgIpc) is 3.11. The van der Waals surface area contributed by atoms with Gasteiger partial charge in [0.25, 0.3) is 5.91 Å². The van der Waals surface area contributed by atoms with Gasteiger partial charge in [-0.15, -0.1) is 0 Å². The Hall–Kier alpha value is -3.03. The van der Waals surface area contributed by atoms with Crippen molar-refractivity contribution >= 4 is 44.9 Å². The van der Waals surface area contributed by atoms with Crippen LogP contribution in [0.4, 0.5) is 5.82 Å². The Kier molecular flexibility index (Phi) is 5.89. The number of ether oxygens (including phenoxy) is 2. The van der Waals surface area contributed by atoms with Crippen LogP contribution in [0.3, 0.4) is 0 Å². The van der Waals surface area contributed by atoms with Crippen LogP contribution in [-0.2, 0) is 0 Å². The molecule has 0 aliphatic rings. The number of nitrogens with one attached hydrogen (secondary N) is 1. The number of fused-ring (bicyclic) bond motifs is 1. The van der Waals surface area contributed by atoms with Crippen LogP contribution >= 0.6 is 27.5 Å². The van der Waals surface area contributed by atoms with Crippen LogP contribution in [0.2, 0.25) is 5.02 Å². The topological polar surface area (TPSA) is 64.9 Å². The highest BCUT2D eigenvalue weighted by Crippen LogP contribution is 2.36. The maximum absolute atomic E-state index is 13.1. The summed E-state index contributed by atoms with van der Waals surface area (Å²) >= 11 is 9.65. The van der Waals surface area contributed by atoms with Crippen molar-refractivity contribution in [2.24, 2.45) is 0 Å². The van der Waals surface area contributed by atoms with Crippen LogP contribution in [-0.4, -0.2) is 29.5 Å². The van der Waals surface area contributed by atoms with Crippen LogP contribution < -0.4 is 14.8 Å². The summed E-state index contributed by atoms with van der Waals surface area (Å²) in [6, 6.07) is 14.5. The number of rotatable bonds is 5. The Balaban J connectivity index is 1.86. The van der Waals surface area contributed by atoms with E-state index < -0.39 is 0 Å². The van der Waals surface area contributed by atoms with Gasteiger partial charge in [0.1, 0.15) is 17.2 Å². The minimum atomic E-state index is -0.338. The molecule has 1 N–H and O–H groups in total. The number of carbonyl (C=O) groups is 1. The van der Waals surface area contributed by atoms with E-state index in [2.05, 4.69) is 21.2 Å². The molecule has 6 nitrogen and oxygen atoms in total. The average molecular weight is 501 g/mol. The number of hydrogen-bond acceptors (Lipinski definition) is 4. The molecular weight excluding hydrogens is 482 g/mol. The summed E-state index contributed by atoms with van der Waals surface area (Å²) in [6.45, 7) is 1.99.